The van der Waals surface area contributed by atoms with E-state index in [9.17, 15) is 9.90 Å². The molecule has 0 saturated carbocycles. The molecule has 9 heteroatoms. The molecule has 1 aromatic carbocycles. The molecule has 7 nitrogen and oxygen atoms in total. The van der Waals surface area contributed by atoms with Crippen LogP contribution < -0.4 is 0 Å². The van der Waals surface area contributed by atoms with Crippen molar-refractivity contribution in [2.75, 3.05) is 19.7 Å². The van der Waals surface area contributed by atoms with Gasteiger partial charge in [-0.05, 0) is 51.4 Å². The lowest BCUT2D eigenvalue weighted by Crippen LogP contribution is -2.39. The van der Waals surface area contributed by atoms with Gasteiger partial charge in [-0.2, -0.15) is 4.52 Å². The number of benzene rings is 1. The molecule has 1 N–H and O–H groups in total. The maximum atomic E-state index is 12.1. The Morgan fingerprint density at radius 2 is 2.10 bits per heavy atom. The number of halogens is 1. The number of fused-ring (bicyclic) bond motifs is 1. The third-order valence-corrected chi connectivity index (χ3v) is 6.69. The Kier molecular flexibility index (Phi) is 5.76. The lowest BCUT2D eigenvalue weighted by Gasteiger charge is -2.36. The summed E-state index contributed by atoms with van der Waals surface area (Å²) in [6.07, 6.45) is 1.42. The first-order valence-electron chi connectivity index (χ1n) is 9.69. The van der Waals surface area contributed by atoms with Gasteiger partial charge in [-0.3, -0.25) is 9.69 Å². The van der Waals surface area contributed by atoms with Crippen molar-refractivity contribution in [1.82, 2.24) is 19.5 Å². The number of aryl methyl sites for hydroxylation is 1. The number of carbonyl (C=O) groups excluding carboxylic acids is 1. The lowest BCUT2D eigenvalue weighted by atomic mass is 9.93. The van der Waals surface area contributed by atoms with E-state index < -0.39 is 0 Å². The summed E-state index contributed by atoms with van der Waals surface area (Å²) in [5.74, 6) is 0.487. The first-order valence-corrected chi connectivity index (χ1v) is 10.9. The highest BCUT2D eigenvalue weighted by atomic mass is 35.5. The molecule has 3 heterocycles. The number of nitrogens with zero attached hydrogens (tertiary/aromatic N) is 4. The zero-order chi connectivity index (χ0) is 20.5. The minimum Gasteiger partial charge on any atom is -0.492 e. The molecule has 4 rings (SSSR count). The fourth-order valence-corrected chi connectivity index (χ4v) is 5.27. The average molecular weight is 435 g/mol. The quantitative estimate of drug-likeness (QED) is 0.615. The standard InChI is InChI=1S/C20H23ClN4O3S/c1-3-28-19(27)13-8-10-24(11-9-13)16(14-6-4-5-7-15(14)21)17-18(26)25-20(29-17)22-12(2)23-25/h4-7,13,16,26H,3,8-11H2,1-2H3. The zero-order valence-corrected chi connectivity index (χ0v) is 17.9. The van der Waals surface area contributed by atoms with Gasteiger partial charge in [-0.15, -0.1) is 5.10 Å². The minimum atomic E-state index is -0.236. The van der Waals surface area contributed by atoms with Crippen LogP contribution in [0.5, 0.6) is 5.88 Å². The van der Waals surface area contributed by atoms with Gasteiger partial charge in [0.1, 0.15) is 5.82 Å². The Morgan fingerprint density at radius 1 is 1.38 bits per heavy atom. The fraction of sp³-hybridized carbons (Fsp3) is 0.450. The van der Waals surface area contributed by atoms with Crippen LogP contribution in [0.15, 0.2) is 24.3 Å². The Labute approximate surface area is 177 Å². The summed E-state index contributed by atoms with van der Waals surface area (Å²) in [6.45, 7) is 5.42. The van der Waals surface area contributed by atoms with E-state index in [1.807, 2.05) is 31.2 Å². The zero-order valence-electron chi connectivity index (χ0n) is 16.3. The maximum absolute atomic E-state index is 12.1. The molecule has 29 heavy (non-hydrogen) atoms. The van der Waals surface area contributed by atoms with Crippen LogP contribution in [0, 0.1) is 12.8 Å². The van der Waals surface area contributed by atoms with Crippen molar-refractivity contribution in [2.24, 2.45) is 5.92 Å². The van der Waals surface area contributed by atoms with E-state index in [4.69, 9.17) is 16.3 Å². The minimum absolute atomic E-state index is 0.0861. The molecule has 0 spiro atoms. The molecule has 1 aliphatic rings. The summed E-state index contributed by atoms with van der Waals surface area (Å²) >= 11 is 7.96. The highest BCUT2D eigenvalue weighted by molar-refractivity contribution is 7.17. The van der Waals surface area contributed by atoms with Crippen molar-refractivity contribution < 1.29 is 14.6 Å². The van der Waals surface area contributed by atoms with Crippen LogP contribution in [-0.4, -0.2) is 50.3 Å². The van der Waals surface area contributed by atoms with Crippen molar-refractivity contribution >= 4 is 33.9 Å². The normalized spacial score (nSPS) is 16.9. The summed E-state index contributed by atoms with van der Waals surface area (Å²) in [6, 6.07) is 7.43. The van der Waals surface area contributed by atoms with Crippen LogP contribution in [0.25, 0.3) is 4.96 Å². The number of thiazole rings is 1. The Morgan fingerprint density at radius 3 is 2.76 bits per heavy atom. The van der Waals surface area contributed by atoms with Gasteiger partial charge in [0.25, 0.3) is 0 Å². The Hall–Kier alpha value is -2.16. The fourth-order valence-electron chi connectivity index (χ4n) is 3.88. The number of aromatic nitrogens is 3. The van der Waals surface area contributed by atoms with Crippen LogP contribution in [0.1, 0.15) is 42.1 Å². The molecular weight excluding hydrogens is 412 g/mol. The number of likely N-dealkylation sites (tertiary alicyclic amines) is 1. The highest BCUT2D eigenvalue weighted by Gasteiger charge is 2.35. The molecule has 1 unspecified atom stereocenters. The Balaban J connectivity index is 1.69. The van der Waals surface area contributed by atoms with E-state index in [0.717, 1.165) is 10.4 Å². The van der Waals surface area contributed by atoms with Crippen LogP contribution in [-0.2, 0) is 9.53 Å². The molecule has 1 atom stereocenters. The van der Waals surface area contributed by atoms with Gasteiger partial charge in [-0.25, -0.2) is 4.98 Å². The predicted octanol–water partition coefficient (Wildman–Crippen LogP) is 3.82. The topological polar surface area (TPSA) is 80.0 Å². The largest absolute Gasteiger partial charge is 0.492 e. The SMILES string of the molecule is CCOC(=O)C1CCN(C(c2ccccc2Cl)c2sc3nc(C)nn3c2O)CC1. The molecule has 1 fully saturated rings. The van der Waals surface area contributed by atoms with E-state index in [0.29, 0.717) is 48.3 Å². The smallest absolute Gasteiger partial charge is 0.309 e. The molecular formula is C20H23ClN4O3S. The number of carbonyl (C=O) groups is 1. The molecule has 0 radical (unpaired) electrons. The first kappa shape index (κ1) is 20.1. The summed E-state index contributed by atoms with van der Waals surface area (Å²) < 4.78 is 6.67. The molecule has 3 aromatic rings. The van der Waals surface area contributed by atoms with Crippen molar-refractivity contribution in [3.8, 4) is 5.88 Å². The van der Waals surface area contributed by atoms with Gasteiger partial charge in [0.15, 0.2) is 0 Å². The third kappa shape index (κ3) is 3.84. The number of hydrogen-bond acceptors (Lipinski definition) is 7. The molecule has 0 aliphatic carbocycles. The van der Waals surface area contributed by atoms with Crippen LogP contribution in [0.4, 0.5) is 0 Å². The molecule has 2 aromatic heterocycles. The lowest BCUT2D eigenvalue weighted by molar-refractivity contribution is -0.149. The molecule has 154 valence electrons. The van der Waals surface area contributed by atoms with Crippen LogP contribution >= 0.6 is 22.9 Å². The van der Waals surface area contributed by atoms with Crippen molar-refractivity contribution in [2.45, 2.75) is 32.7 Å². The highest BCUT2D eigenvalue weighted by Crippen LogP contribution is 2.43. The number of esters is 1. The number of ether oxygens (including phenoxy) is 1. The second-order valence-electron chi connectivity index (χ2n) is 7.13. The van der Waals surface area contributed by atoms with Gasteiger partial charge in [0.2, 0.25) is 10.8 Å². The second kappa shape index (κ2) is 8.30. The van der Waals surface area contributed by atoms with E-state index in [-0.39, 0.29) is 23.8 Å². The predicted molar refractivity (Wildman–Crippen MR) is 111 cm³/mol. The number of hydrogen-bond donors (Lipinski definition) is 1. The summed E-state index contributed by atoms with van der Waals surface area (Å²) in [5, 5.41) is 15.8. The summed E-state index contributed by atoms with van der Waals surface area (Å²) in [4.78, 5) is 20.2. The number of aromatic hydroxyl groups is 1. The first-order chi connectivity index (χ1) is 14.0. The van der Waals surface area contributed by atoms with Crippen LogP contribution in [0.3, 0.4) is 0 Å². The molecule has 0 amide bonds. The van der Waals surface area contributed by atoms with Crippen LogP contribution in [0.2, 0.25) is 5.02 Å². The van der Waals surface area contributed by atoms with Gasteiger partial charge < -0.3 is 9.84 Å². The van der Waals surface area contributed by atoms with Gasteiger partial charge in [0.05, 0.1) is 23.4 Å². The van der Waals surface area contributed by atoms with E-state index in [1.54, 1.807) is 6.92 Å². The number of rotatable bonds is 5. The Bertz CT molecular complexity index is 1030. The van der Waals surface area contributed by atoms with Crippen molar-refractivity contribution in [1.29, 1.82) is 0 Å². The third-order valence-electron chi connectivity index (χ3n) is 5.27. The van der Waals surface area contributed by atoms with Crippen molar-refractivity contribution in [3.63, 3.8) is 0 Å². The van der Waals surface area contributed by atoms with E-state index >= 15 is 0 Å². The van der Waals surface area contributed by atoms with Gasteiger partial charge >= 0.3 is 5.97 Å². The second-order valence-corrected chi connectivity index (χ2v) is 8.55. The summed E-state index contributed by atoms with van der Waals surface area (Å²) in [7, 11) is 0. The average Bonchev–Trinajstić information content (AvgIpc) is 3.22. The summed E-state index contributed by atoms with van der Waals surface area (Å²) in [5.41, 5.74) is 0.917. The van der Waals surface area contributed by atoms with Gasteiger partial charge in [-0.1, -0.05) is 41.1 Å². The molecule has 1 saturated heterocycles. The van der Waals surface area contributed by atoms with E-state index in [2.05, 4.69) is 15.0 Å². The van der Waals surface area contributed by atoms with E-state index in [1.165, 1.54) is 15.9 Å². The monoisotopic (exact) mass is 434 g/mol. The maximum Gasteiger partial charge on any atom is 0.309 e. The molecule has 0 bridgehead atoms. The van der Waals surface area contributed by atoms with Gasteiger partial charge in [0, 0.05) is 5.02 Å². The number of piperidine rings is 1. The molecule has 1 aliphatic heterocycles. The van der Waals surface area contributed by atoms with Crippen molar-refractivity contribution in [3.05, 3.63) is 45.6 Å².